The number of furan rings is 1. The smallest absolute Gasteiger partial charge is 0.295 e. The van der Waals surface area contributed by atoms with Gasteiger partial charge in [-0.3, -0.25) is 4.72 Å². The van der Waals surface area contributed by atoms with E-state index < -0.39 is 10.0 Å². The maximum atomic E-state index is 12.4. The van der Waals surface area contributed by atoms with Crippen LogP contribution in [0.1, 0.15) is 5.89 Å². The summed E-state index contributed by atoms with van der Waals surface area (Å²) in [7, 11) is -2.46. The molecule has 0 aliphatic rings. The number of ether oxygens (including phenoxy) is 1. The van der Waals surface area contributed by atoms with E-state index in [0.29, 0.717) is 17.3 Å². The van der Waals surface area contributed by atoms with Crippen molar-refractivity contribution in [3.8, 4) is 17.4 Å². The molecule has 1 N–H and O–H groups in total. The van der Waals surface area contributed by atoms with Crippen molar-refractivity contribution >= 4 is 15.7 Å². The third-order valence-corrected chi connectivity index (χ3v) is 4.17. The van der Waals surface area contributed by atoms with Crippen molar-refractivity contribution in [1.29, 1.82) is 0 Å². The first-order chi connectivity index (χ1) is 11.0. The molecule has 0 bridgehead atoms. The minimum Gasteiger partial charge on any atom is -0.495 e. The summed E-state index contributed by atoms with van der Waals surface area (Å²) in [6, 6.07) is 9.42. The van der Waals surface area contributed by atoms with Gasteiger partial charge in [-0.15, -0.1) is 10.2 Å². The van der Waals surface area contributed by atoms with E-state index in [1.807, 2.05) is 0 Å². The van der Waals surface area contributed by atoms with Gasteiger partial charge in [0.05, 0.1) is 12.8 Å². The van der Waals surface area contributed by atoms with Gasteiger partial charge in [0.25, 0.3) is 15.9 Å². The summed E-state index contributed by atoms with van der Waals surface area (Å²) in [6.45, 7) is 1.63. The molecule has 0 aliphatic heterocycles. The van der Waals surface area contributed by atoms with Gasteiger partial charge >= 0.3 is 0 Å². The minimum absolute atomic E-state index is 0.112. The first kappa shape index (κ1) is 15.1. The molecule has 3 rings (SSSR count). The van der Waals surface area contributed by atoms with Gasteiger partial charge in [0, 0.05) is 6.92 Å². The first-order valence-corrected chi connectivity index (χ1v) is 8.04. The number of hydrogen-bond acceptors (Lipinski definition) is 7. The maximum Gasteiger partial charge on any atom is 0.295 e. The maximum absolute atomic E-state index is 12.4. The van der Waals surface area contributed by atoms with Crippen LogP contribution in [0.25, 0.3) is 11.7 Å². The third kappa shape index (κ3) is 3.04. The zero-order chi connectivity index (χ0) is 16.4. The number of para-hydroxylation sites is 2. The molecule has 8 nitrogen and oxygen atoms in total. The molecule has 3 aromatic rings. The fourth-order valence-electron chi connectivity index (χ4n) is 1.90. The highest BCUT2D eigenvalue weighted by Gasteiger charge is 2.22. The summed E-state index contributed by atoms with van der Waals surface area (Å²) in [6.07, 6.45) is 0. The molecule has 0 fully saturated rings. The van der Waals surface area contributed by atoms with Gasteiger partial charge in [-0.25, -0.2) is 0 Å². The molecule has 0 unspecified atom stereocenters. The topological polar surface area (TPSA) is 107 Å². The van der Waals surface area contributed by atoms with Gasteiger partial charge in [-0.1, -0.05) is 12.1 Å². The number of anilines is 1. The van der Waals surface area contributed by atoms with Crippen LogP contribution in [-0.2, 0) is 10.0 Å². The molecule has 23 heavy (non-hydrogen) atoms. The second-order valence-corrected chi connectivity index (χ2v) is 6.16. The van der Waals surface area contributed by atoms with Crippen LogP contribution in [0.2, 0.25) is 0 Å². The molecule has 0 amide bonds. The summed E-state index contributed by atoms with van der Waals surface area (Å²) < 4.78 is 42.8. The lowest BCUT2D eigenvalue weighted by atomic mass is 10.3. The average molecular weight is 335 g/mol. The summed E-state index contributed by atoms with van der Waals surface area (Å²) in [5, 5.41) is 7.17. The van der Waals surface area contributed by atoms with Crippen molar-refractivity contribution in [2.45, 2.75) is 12.0 Å². The third-order valence-electron chi connectivity index (χ3n) is 2.93. The van der Waals surface area contributed by atoms with E-state index in [9.17, 15) is 8.42 Å². The lowest BCUT2D eigenvalue weighted by molar-refractivity contribution is 0.416. The Labute approximate surface area is 132 Å². The van der Waals surface area contributed by atoms with Crippen LogP contribution >= 0.6 is 0 Å². The molecule has 0 atom stereocenters. The monoisotopic (exact) mass is 335 g/mol. The Hall–Kier alpha value is -2.81. The Morgan fingerprint density at radius 3 is 2.57 bits per heavy atom. The van der Waals surface area contributed by atoms with Gasteiger partial charge in [0.15, 0.2) is 5.76 Å². The van der Waals surface area contributed by atoms with Gasteiger partial charge in [0.2, 0.25) is 11.0 Å². The summed E-state index contributed by atoms with van der Waals surface area (Å²) >= 11 is 0. The minimum atomic E-state index is -3.91. The molecule has 0 saturated heterocycles. The number of nitrogens with one attached hydrogen (secondary N) is 1. The molecule has 0 radical (unpaired) electrons. The SMILES string of the molecule is COc1ccccc1NS(=O)(=O)c1ccc(-c2nnc(C)o2)o1. The van der Waals surface area contributed by atoms with Crippen LogP contribution in [0.3, 0.4) is 0 Å². The Morgan fingerprint density at radius 1 is 1.09 bits per heavy atom. The van der Waals surface area contributed by atoms with E-state index in [1.165, 1.54) is 19.2 Å². The molecule has 0 saturated carbocycles. The molecule has 0 aliphatic carbocycles. The van der Waals surface area contributed by atoms with Gasteiger partial charge in [0.1, 0.15) is 5.75 Å². The quantitative estimate of drug-likeness (QED) is 0.763. The normalized spacial score (nSPS) is 11.4. The molecular weight excluding hydrogens is 322 g/mol. The van der Waals surface area contributed by atoms with Crippen molar-refractivity contribution in [1.82, 2.24) is 10.2 Å². The van der Waals surface area contributed by atoms with Crippen LogP contribution < -0.4 is 9.46 Å². The highest BCUT2D eigenvalue weighted by atomic mass is 32.2. The fraction of sp³-hybridized carbons (Fsp3) is 0.143. The Kier molecular flexibility index (Phi) is 3.78. The molecule has 2 heterocycles. The number of aryl methyl sites for hydroxylation is 1. The Balaban J connectivity index is 1.90. The standard InChI is InChI=1S/C14H13N3O5S/c1-9-15-16-14(21-9)12-7-8-13(22-12)23(18,19)17-10-5-3-4-6-11(10)20-2/h3-8,17H,1-2H3. The van der Waals surface area contributed by atoms with E-state index in [-0.39, 0.29) is 16.7 Å². The van der Waals surface area contributed by atoms with E-state index in [0.717, 1.165) is 0 Å². The number of nitrogens with zero attached hydrogens (tertiary/aromatic N) is 2. The van der Waals surface area contributed by atoms with Crippen LogP contribution in [-0.4, -0.2) is 25.7 Å². The predicted molar refractivity (Wildman–Crippen MR) is 80.5 cm³/mol. The Bertz CT molecular complexity index is 929. The van der Waals surface area contributed by atoms with Crippen LogP contribution in [0.15, 0.2) is 50.3 Å². The van der Waals surface area contributed by atoms with Crippen LogP contribution in [0.4, 0.5) is 5.69 Å². The Morgan fingerprint density at radius 2 is 1.87 bits per heavy atom. The highest BCUT2D eigenvalue weighted by Crippen LogP contribution is 2.28. The van der Waals surface area contributed by atoms with Crippen LogP contribution in [0.5, 0.6) is 5.75 Å². The molecular formula is C14H13N3O5S. The highest BCUT2D eigenvalue weighted by molar-refractivity contribution is 7.92. The number of aromatic nitrogens is 2. The first-order valence-electron chi connectivity index (χ1n) is 6.56. The predicted octanol–water partition coefficient (Wildman–Crippen LogP) is 2.45. The number of methoxy groups -OCH3 is 1. The molecule has 0 spiro atoms. The lowest BCUT2D eigenvalue weighted by Gasteiger charge is -2.09. The fourth-order valence-corrected chi connectivity index (χ4v) is 2.91. The van der Waals surface area contributed by atoms with Gasteiger partial charge in [-0.05, 0) is 24.3 Å². The van der Waals surface area contributed by atoms with Crippen molar-refractivity contribution < 1.29 is 22.0 Å². The van der Waals surface area contributed by atoms with Crippen molar-refractivity contribution in [3.63, 3.8) is 0 Å². The second kappa shape index (κ2) is 5.76. The molecule has 9 heteroatoms. The summed E-state index contributed by atoms with van der Waals surface area (Å²) in [5.74, 6) is 1.04. The van der Waals surface area contributed by atoms with E-state index >= 15 is 0 Å². The average Bonchev–Trinajstić information content (AvgIpc) is 3.16. The molecule has 2 aromatic heterocycles. The lowest BCUT2D eigenvalue weighted by Crippen LogP contribution is -2.12. The molecule has 120 valence electrons. The number of hydrogen-bond donors (Lipinski definition) is 1. The van der Waals surface area contributed by atoms with Gasteiger partial charge in [-0.2, -0.15) is 8.42 Å². The number of benzene rings is 1. The molecule has 1 aromatic carbocycles. The van der Waals surface area contributed by atoms with Crippen LogP contribution in [0, 0.1) is 6.92 Å². The second-order valence-electron chi connectivity index (χ2n) is 4.55. The zero-order valence-electron chi connectivity index (χ0n) is 12.3. The summed E-state index contributed by atoms with van der Waals surface area (Å²) in [4.78, 5) is 0. The zero-order valence-corrected chi connectivity index (χ0v) is 13.1. The van der Waals surface area contributed by atoms with E-state index in [1.54, 1.807) is 31.2 Å². The number of sulfonamides is 1. The van der Waals surface area contributed by atoms with Crippen molar-refractivity contribution in [3.05, 3.63) is 42.3 Å². The number of rotatable bonds is 5. The summed E-state index contributed by atoms with van der Waals surface area (Å²) in [5.41, 5.74) is 0.307. The van der Waals surface area contributed by atoms with Crippen molar-refractivity contribution in [2.75, 3.05) is 11.8 Å². The largest absolute Gasteiger partial charge is 0.495 e. The van der Waals surface area contributed by atoms with Crippen molar-refractivity contribution in [2.24, 2.45) is 0 Å². The van der Waals surface area contributed by atoms with Gasteiger partial charge < -0.3 is 13.6 Å². The van der Waals surface area contributed by atoms with E-state index in [4.69, 9.17) is 13.6 Å². The van der Waals surface area contributed by atoms with E-state index in [2.05, 4.69) is 14.9 Å².